The smallest absolute Gasteiger partial charge is 0.180 e. The molecule has 0 atom stereocenters. The second kappa shape index (κ2) is 10.7. The van der Waals surface area contributed by atoms with Crippen LogP contribution in [-0.2, 0) is 5.75 Å². The van der Waals surface area contributed by atoms with Crippen molar-refractivity contribution in [2.24, 2.45) is 21.9 Å². The van der Waals surface area contributed by atoms with Crippen molar-refractivity contribution < 1.29 is 4.74 Å². The lowest BCUT2D eigenvalue weighted by Gasteiger charge is -2.10. The molecule has 0 aliphatic carbocycles. The highest BCUT2D eigenvalue weighted by Gasteiger charge is 2.03. The van der Waals surface area contributed by atoms with Gasteiger partial charge in [0.05, 0.1) is 12.8 Å². The first-order valence-electron chi connectivity index (χ1n) is 8.81. The maximum Gasteiger partial charge on any atom is 0.180 e. The van der Waals surface area contributed by atoms with E-state index in [1.807, 2.05) is 43.3 Å². The van der Waals surface area contributed by atoms with Crippen LogP contribution in [0.1, 0.15) is 37.0 Å². The summed E-state index contributed by atoms with van der Waals surface area (Å²) in [6.45, 7) is 7.11. The van der Waals surface area contributed by atoms with Crippen LogP contribution in [0.2, 0.25) is 0 Å². The molecule has 0 saturated carbocycles. The van der Waals surface area contributed by atoms with E-state index in [9.17, 15) is 0 Å². The molecule has 26 heavy (non-hydrogen) atoms. The number of hydrogen-bond acceptors (Lipinski definition) is 4. The Morgan fingerprint density at radius 2 is 1.96 bits per heavy atom. The fourth-order valence-electron chi connectivity index (χ4n) is 2.21. The summed E-state index contributed by atoms with van der Waals surface area (Å²) in [6.07, 6.45) is 2.72. The molecular formula is C21H27N3OS. The molecule has 0 radical (unpaired) electrons. The molecule has 2 aromatic carbocycles. The van der Waals surface area contributed by atoms with Crippen molar-refractivity contribution in [2.75, 3.05) is 6.61 Å². The van der Waals surface area contributed by atoms with Crippen LogP contribution in [0, 0.1) is 12.8 Å². The van der Waals surface area contributed by atoms with Crippen LogP contribution in [0.25, 0.3) is 0 Å². The van der Waals surface area contributed by atoms with Crippen LogP contribution in [0.4, 0.5) is 0 Å². The Bertz CT molecular complexity index is 742. The molecule has 0 unspecified atom stereocenters. The number of ether oxygens (including phenoxy) is 1. The van der Waals surface area contributed by atoms with Crippen LogP contribution in [0.3, 0.4) is 0 Å². The number of aryl methyl sites for hydroxylation is 1. The van der Waals surface area contributed by atoms with Gasteiger partial charge < -0.3 is 10.5 Å². The van der Waals surface area contributed by atoms with E-state index in [1.165, 1.54) is 17.3 Å². The third-order valence-corrected chi connectivity index (χ3v) is 4.56. The molecule has 2 aromatic rings. The maximum absolute atomic E-state index is 5.94. The molecule has 0 aliphatic rings. The number of benzene rings is 2. The standard InChI is InChI=1S/C21H27N3OS/c1-16(2)11-12-25-20-10-9-17(3)13-19(20)14-23-24-21(22)26-15-18-7-5-4-6-8-18/h4-10,13-14,16H,11-12,15H2,1-3H3,(H2,22,24). The maximum atomic E-state index is 5.94. The van der Waals surface area contributed by atoms with E-state index in [0.717, 1.165) is 29.1 Å². The van der Waals surface area contributed by atoms with Crippen LogP contribution in [0.15, 0.2) is 58.7 Å². The van der Waals surface area contributed by atoms with Gasteiger partial charge in [-0.05, 0) is 37.0 Å². The van der Waals surface area contributed by atoms with Crippen molar-refractivity contribution in [3.8, 4) is 5.75 Å². The lowest BCUT2D eigenvalue weighted by atomic mass is 10.1. The molecule has 5 heteroatoms. The largest absolute Gasteiger partial charge is 0.493 e. The van der Waals surface area contributed by atoms with Crippen molar-refractivity contribution in [1.29, 1.82) is 0 Å². The number of hydrogen-bond donors (Lipinski definition) is 1. The SMILES string of the molecule is Cc1ccc(OCCC(C)C)c(C=NN=C(N)SCc2ccccc2)c1. The summed E-state index contributed by atoms with van der Waals surface area (Å²) in [5, 5.41) is 8.67. The van der Waals surface area contributed by atoms with Gasteiger partial charge in [0.15, 0.2) is 5.17 Å². The molecule has 0 bridgehead atoms. The Morgan fingerprint density at radius 3 is 2.69 bits per heavy atom. The summed E-state index contributed by atoms with van der Waals surface area (Å²) >= 11 is 1.47. The van der Waals surface area contributed by atoms with E-state index in [2.05, 4.69) is 36.2 Å². The molecule has 0 saturated heterocycles. The Kier molecular flexibility index (Phi) is 8.22. The Balaban J connectivity index is 1.96. The third-order valence-electron chi connectivity index (χ3n) is 3.70. The van der Waals surface area contributed by atoms with Gasteiger partial charge in [-0.2, -0.15) is 5.10 Å². The molecule has 0 aromatic heterocycles. The molecule has 0 aliphatic heterocycles. The van der Waals surface area contributed by atoms with Crippen LogP contribution in [-0.4, -0.2) is 18.0 Å². The van der Waals surface area contributed by atoms with Gasteiger partial charge >= 0.3 is 0 Å². The molecule has 0 amide bonds. The van der Waals surface area contributed by atoms with Crippen molar-refractivity contribution in [3.05, 3.63) is 65.2 Å². The van der Waals surface area contributed by atoms with Gasteiger partial charge in [-0.3, -0.25) is 0 Å². The zero-order valence-corrected chi connectivity index (χ0v) is 16.5. The van der Waals surface area contributed by atoms with E-state index in [0.29, 0.717) is 17.7 Å². The molecule has 2 N–H and O–H groups in total. The normalized spacial score (nSPS) is 12.1. The van der Waals surface area contributed by atoms with Gasteiger partial charge in [0, 0.05) is 11.3 Å². The lowest BCUT2D eigenvalue weighted by Crippen LogP contribution is -2.06. The second-order valence-electron chi connectivity index (χ2n) is 6.53. The van der Waals surface area contributed by atoms with Gasteiger partial charge in [0.1, 0.15) is 5.75 Å². The zero-order valence-electron chi connectivity index (χ0n) is 15.7. The average Bonchev–Trinajstić information content (AvgIpc) is 2.62. The quantitative estimate of drug-likeness (QED) is 0.404. The monoisotopic (exact) mass is 369 g/mol. The molecule has 0 fully saturated rings. The predicted molar refractivity (Wildman–Crippen MR) is 113 cm³/mol. The summed E-state index contributed by atoms with van der Waals surface area (Å²) in [5.74, 6) is 2.22. The minimum Gasteiger partial charge on any atom is -0.493 e. The van der Waals surface area contributed by atoms with E-state index >= 15 is 0 Å². The summed E-state index contributed by atoms with van der Waals surface area (Å²) in [7, 11) is 0. The molecule has 4 nitrogen and oxygen atoms in total. The highest BCUT2D eigenvalue weighted by molar-refractivity contribution is 8.13. The van der Waals surface area contributed by atoms with Crippen LogP contribution >= 0.6 is 11.8 Å². The number of amidine groups is 1. The molecule has 2 rings (SSSR count). The summed E-state index contributed by atoms with van der Waals surface area (Å²) < 4.78 is 5.89. The van der Waals surface area contributed by atoms with Crippen molar-refractivity contribution in [1.82, 2.24) is 0 Å². The molecule has 138 valence electrons. The van der Waals surface area contributed by atoms with Gasteiger partial charge in [-0.25, -0.2) is 0 Å². The first-order valence-corrected chi connectivity index (χ1v) is 9.80. The predicted octanol–water partition coefficient (Wildman–Crippen LogP) is 5.00. The van der Waals surface area contributed by atoms with Gasteiger partial charge in [0.2, 0.25) is 0 Å². The highest BCUT2D eigenvalue weighted by Crippen LogP contribution is 2.19. The summed E-state index contributed by atoms with van der Waals surface area (Å²) in [4.78, 5) is 0. The molecule has 0 spiro atoms. The number of nitrogens with zero attached hydrogens (tertiary/aromatic N) is 2. The summed E-state index contributed by atoms with van der Waals surface area (Å²) in [6, 6.07) is 16.2. The Labute approximate surface area is 160 Å². The van der Waals surface area contributed by atoms with Gasteiger partial charge in [-0.1, -0.05) is 67.6 Å². The van der Waals surface area contributed by atoms with Crippen LogP contribution < -0.4 is 10.5 Å². The van der Waals surface area contributed by atoms with Crippen molar-refractivity contribution >= 4 is 23.1 Å². The van der Waals surface area contributed by atoms with E-state index in [1.54, 1.807) is 6.21 Å². The topological polar surface area (TPSA) is 60.0 Å². The zero-order chi connectivity index (χ0) is 18.8. The Morgan fingerprint density at radius 1 is 1.19 bits per heavy atom. The van der Waals surface area contributed by atoms with Gasteiger partial charge in [0.25, 0.3) is 0 Å². The minimum absolute atomic E-state index is 0.444. The summed E-state index contributed by atoms with van der Waals surface area (Å²) in [5.41, 5.74) is 9.21. The highest BCUT2D eigenvalue weighted by atomic mass is 32.2. The third kappa shape index (κ3) is 7.31. The molecular weight excluding hydrogens is 342 g/mol. The first kappa shape index (κ1) is 20.0. The van der Waals surface area contributed by atoms with E-state index in [-0.39, 0.29) is 0 Å². The number of nitrogens with two attached hydrogens (primary N) is 1. The second-order valence-corrected chi connectivity index (χ2v) is 7.52. The fourth-order valence-corrected chi connectivity index (χ4v) is 2.83. The van der Waals surface area contributed by atoms with E-state index < -0.39 is 0 Å². The number of thioether (sulfide) groups is 1. The average molecular weight is 370 g/mol. The first-order chi connectivity index (χ1) is 12.5. The van der Waals surface area contributed by atoms with Crippen molar-refractivity contribution in [2.45, 2.75) is 32.9 Å². The fraction of sp³-hybridized carbons (Fsp3) is 0.333. The number of rotatable bonds is 8. The van der Waals surface area contributed by atoms with Crippen LogP contribution in [0.5, 0.6) is 5.75 Å². The van der Waals surface area contributed by atoms with Gasteiger partial charge in [-0.15, -0.1) is 5.10 Å². The Hall–Kier alpha value is -2.27. The minimum atomic E-state index is 0.444. The van der Waals surface area contributed by atoms with E-state index in [4.69, 9.17) is 10.5 Å². The van der Waals surface area contributed by atoms with Crippen molar-refractivity contribution in [3.63, 3.8) is 0 Å². The lowest BCUT2D eigenvalue weighted by molar-refractivity contribution is 0.289. The molecule has 0 heterocycles.